The molecule has 1 fully saturated rings. The molecule has 1 aliphatic rings. The van der Waals surface area contributed by atoms with E-state index in [-0.39, 0.29) is 24.7 Å². The first-order valence-corrected chi connectivity index (χ1v) is 8.35. The first kappa shape index (κ1) is 17.4. The van der Waals surface area contributed by atoms with Gasteiger partial charge in [0.25, 0.3) is 5.91 Å². The van der Waals surface area contributed by atoms with Gasteiger partial charge in [-0.1, -0.05) is 0 Å². The lowest BCUT2D eigenvalue weighted by Gasteiger charge is -2.34. The Labute approximate surface area is 147 Å². The summed E-state index contributed by atoms with van der Waals surface area (Å²) >= 11 is 0. The van der Waals surface area contributed by atoms with E-state index in [1.54, 1.807) is 24.1 Å². The molecule has 0 radical (unpaired) electrons. The molecule has 0 unspecified atom stereocenters. The van der Waals surface area contributed by atoms with Crippen LogP contribution in [0.4, 0.5) is 0 Å². The van der Waals surface area contributed by atoms with Gasteiger partial charge < -0.3 is 23.5 Å². The summed E-state index contributed by atoms with van der Waals surface area (Å²) in [5, 5.41) is 0. The molecule has 3 rings (SSSR count). The van der Waals surface area contributed by atoms with Crippen molar-refractivity contribution in [2.24, 2.45) is 0 Å². The van der Waals surface area contributed by atoms with Gasteiger partial charge >= 0.3 is 0 Å². The summed E-state index contributed by atoms with van der Waals surface area (Å²) in [4.78, 5) is 14.3. The SMILES string of the molecule is COc1ccc(OCc2ccc(C(=O)N3C[C@@H](C)O[C@@H](C)C3)o2)cc1. The van der Waals surface area contributed by atoms with Crippen molar-refractivity contribution in [3.8, 4) is 11.5 Å². The number of hydrogen-bond donors (Lipinski definition) is 0. The second kappa shape index (κ2) is 7.61. The third-order valence-corrected chi connectivity index (χ3v) is 4.02. The molecule has 0 N–H and O–H groups in total. The van der Waals surface area contributed by atoms with Gasteiger partial charge in [-0.2, -0.15) is 0 Å². The summed E-state index contributed by atoms with van der Waals surface area (Å²) in [6.07, 6.45) is 0.0566. The molecule has 0 bridgehead atoms. The fourth-order valence-electron chi connectivity index (χ4n) is 2.90. The predicted octanol–water partition coefficient (Wildman–Crippen LogP) is 3.12. The Hall–Kier alpha value is -2.47. The zero-order valence-electron chi connectivity index (χ0n) is 14.7. The third-order valence-electron chi connectivity index (χ3n) is 4.02. The minimum absolute atomic E-state index is 0.0283. The minimum Gasteiger partial charge on any atom is -0.497 e. The molecular formula is C19H23NO5. The van der Waals surface area contributed by atoms with Gasteiger partial charge in [0.15, 0.2) is 5.76 Å². The van der Waals surface area contributed by atoms with Crippen LogP contribution < -0.4 is 9.47 Å². The van der Waals surface area contributed by atoms with E-state index in [1.807, 2.05) is 38.1 Å². The first-order valence-electron chi connectivity index (χ1n) is 8.35. The van der Waals surface area contributed by atoms with Crippen LogP contribution in [0.5, 0.6) is 11.5 Å². The molecule has 134 valence electrons. The van der Waals surface area contributed by atoms with Crippen molar-refractivity contribution in [1.29, 1.82) is 0 Å². The molecule has 0 aliphatic carbocycles. The van der Waals surface area contributed by atoms with Crippen LogP contribution in [0.15, 0.2) is 40.8 Å². The number of morpholine rings is 1. The van der Waals surface area contributed by atoms with E-state index in [0.717, 1.165) is 5.75 Å². The van der Waals surface area contributed by atoms with Crippen LogP contribution in [0.25, 0.3) is 0 Å². The molecule has 1 aliphatic heterocycles. The van der Waals surface area contributed by atoms with E-state index in [9.17, 15) is 4.79 Å². The largest absolute Gasteiger partial charge is 0.497 e. The van der Waals surface area contributed by atoms with Crippen LogP contribution in [0.2, 0.25) is 0 Å². The molecule has 1 amide bonds. The highest BCUT2D eigenvalue weighted by molar-refractivity contribution is 5.91. The first-order chi connectivity index (χ1) is 12.0. The molecule has 6 heteroatoms. The number of amides is 1. The van der Waals surface area contributed by atoms with Gasteiger partial charge in [0.05, 0.1) is 19.3 Å². The van der Waals surface area contributed by atoms with Crippen molar-refractivity contribution in [2.45, 2.75) is 32.7 Å². The average Bonchev–Trinajstić information content (AvgIpc) is 3.08. The lowest BCUT2D eigenvalue weighted by Crippen LogP contribution is -2.48. The lowest BCUT2D eigenvalue weighted by atomic mass is 10.2. The molecule has 1 aromatic heterocycles. The van der Waals surface area contributed by atoms with E-state index in [0.29, 0.717) is 30.4 Å². The number of ether oxygens (including phenoxy) is 3. The monoisotopic (exact) mass is 345 g/mol. The Morgan fingerprint density at radius 2 is 1.72 bits per heavy atom. The summed E-state index contributed by atoms with van der Waals surface area (Å²) in [6.45, 7) is 5.33. The maximum Gasteiger partial charge on any atom is 0.289 e. The number of carbonyl (C=O) groups excluding carboxylic acids is 1. The van der Waals surface area contributed by atoms with Gasteiger partial charge in [-0.05, 0) is 50.2 Å². The van der Waals surface area contributed by atoms with Crippen molar-refractivity contribution < 1.29 is 23.4 Å². The average molecular weight is 345 g/mol. The number of furan rings is 1. The van der Waals surface area contributed by atoms with Gasteiger partial charge in [0.2, 0.25) is 0 Å². The Morgan fingerprint density at radius 3 is 2.36 bits per heavy atom. The highest BCUT2D eigenvalue weighted by Gasteiger charge is 2.28. The summed E-state index contributed by atoms with van der Waals surface area (Å²) < 4.78 is 22.1. The van der Waals surface area contributed by atoms with Gasteiger partial charge in [-0.25, -0.2) is 0 Å². The van der Waals surface area contributed by atoms with Gasteiger partial charge in [0, 0.05) is 13.1 Å². The van der Waals surface area contributed by atoms with Crippen LogP contribution in [-0.4, -0.2) is 43.2 Å². The van der Waals surface area contributed by atoms with Crippen LogP contribution >= 0.6 is 0 Å². The molecule has 2 atom stereocenters. The number of nitrogens with zero attached hydrogens (tertiary/aromatic N) is 1. The van der Waals surface area contributed by atoms with Crippen LogP contribution in [0, 0.1) is 0 Å². The molecule has 6 nitrogen and oxygen atoms in total. The highest BCUT2D eigenvalue weighted by Crippen LogP contribution is 2.20. The molecule has 0 saturated carbocycles. The zero-order chi connectivity index (χ0) is 17.8. The van der Waals surface area contributed by atoms with Gasteiger partial charge in [-0.15, -0.1) is 0 Å². The second-order valence-electron chi connectivity index (χ2n) is 6.20. The normalized spacial score (nSPS) is 20.4. The maximum atomic E-state index is 12.6. The molecule has 1 saturated heterocycles. The number of methoxy groups -OCH3 is 1. The molecule has 2 aromatic rings. The Balaban J connectivity index is 1.58. The Bertz CT molecular complexity index is 699. The predicted molar refractivity (Wildman–Crippen MR) is 91.9 cm³/mol. The zero-order valence-corrected chi connectivity index (χ0v) is 14.7. The number of carbonyl (C=O) groups is 1. The summed E-state index contributed by atoms with van der Waals surface area (Å²) in [6, 6.07) is 10.8. The van der Waals surface area contributed by atoms with Crippen LogP contribution in [-0.2, 0) is 11.3 Å². The molecule has 2 heterocycles. The van der Waals surface area contributed by atoms with Crippen LogP contribution in [0.3, 0.4) is 0 Å². The number of rotatable bonds is 5. The summed E-state index contributed by atoms with van der Waals surface area (Å²) in [5.41, 5.74) is 0. The fourth-order valence-corrected chi connectivity index (χ4v) is 2.90. The minimum atomic E-state index is -0.113. The van der Waals surface area contributed by atoms with E-state index >= 15 is 0 Å². The standard InChI is InChI=1S/C19H23NO5/c1-13-10-20(11-14(2)24-13)19(21)18-9-8-17(25-18)12-23-16-6-4-15(22-3)5-7-16/h4-9,13-14H,10-12H2,1-3H3/t13-,14+. The lowest BCUT2D eigenvalue weighted by molar-refractivity contribution is -0.0592. The van der Waals surface area contributed by atoms with E-state index < -0.39 is 0 Å². The van der Waals surface area contributed by atoms with Crippen molar-refractivity contribution in [2.75, 3.05) is 20.2 Å². The van der Waals surface area contributed by atoms with Crippen molar-refractivity contribution in [3.05, 3.63) is 47.9 Å². The van der Waals surface area contributed by atoms with Gasteiger partial charge in [0.1, 0.15) is 23.9 Å². The van der Waals surface area contributed by atoms with Crippen molar-refractivity contribution in [3.63, 3.8) is 0 Å². The molecule has 25 heavy (non-hydrogen) atoms. The molecule has 0 spiro atoms. The summed E-state index contributed by atoms with van der Waals surface area (Å²) in [7, 11) is 1.62. The number of benzene rings is 1. The quantitative estimate of drug-likeness (QED) is 0.833. The highest BCUT2D eigenvalue weighted by atomic mass is 16.5. The number of hydrogen-bond acceptors (Lipinski definition) is 5. The molecule has 1 aromatic carbocycles. The smallest absolute Gasteiger partial charge is 0.289 e. The van der Waals surface area contributed by atoms with Crippen molar-refractivity contribution in [1.82, 2.24) is 4.90 Å². The Morgan fingerprint density at radius 1 is 1.08 bits per heavy atom. The fraction of sp³-hybridized carbons (Fsp3) is 0.421. The maximum absolute atomic E-state index is 12.6. The third kappa shape index (κ3) is 4.33. The summed E-state index contributed by atoms with van der Waals surface area (Å²) in [5.74, 6) is 2.30. The van der Waals surface area contributed by atoms with E-state index in [2.05, 4.69) is 0 Å². The van der Waals surface area contributed by atoms with Crippen LogP contribution in [0.1, 0.15) is 30.2 Å². The van der Waals surface area contributed by atoms with Crippen molar-refractivity contribution >= 4 is 5.91 Å². The van der Waals surface area contributed by atoms with E-state index in [4.69, 9.17) is 18.6 Å². The van der Waals surface area contributed by atoms with E-state index in [1.165, 1.54) is 0 Å². The molecular weight excluding hydrogens is 322 g/mol. The Kier molecular flexibility index (Phi) is 5.28. The second-order valence-corrected chi connectivity index (χ2v) is 6.20. The topological polar surface area (TPSA) is 61.1 Å². The van der Waals surface area contributed by atoms with Gasteiger partial charge in [-0.3, -0.25) is 4.79 Å².